The minimum atomic E-state index is -3.46. The Balaban J connectivity index is 1.54. The fourth-order valence-corrected chi connectivity index (χ4v) is 5.86. The quantitative estimate of drug-likeness (QED) is 0.633. The first kappa shape index (κ1) is 22.8. The lowest BCUT2D eigenvalue weighted by atomic mass is 9.92. The minimum absolute atomic E-state index is 0.254. The van der Waals surface area contributed by atoms with Crippen molar-refractivity contribution in [3.8, 4) is 11.5 Å². The van der Waals surface area contributed by atoms with E-state index in [1.54, 1.807) is 14.2 Å². The maximum absolute atomic E-state index is 12.8. The molecule has 0 bridgehead atoms. The van der Waals surface area contributed by atoms with Gasteiger partial charge in [0.1, 0.15) is 0 Å². The third-order valence-corrected chi connectivity index (χ3v) is 7.71. The van der Waals surface area contributed by atoms with Gasteiger partial charge in [0.2, 0.25) is 10.0 Å². The van der Waals surface area contributed by atoms with Crippen LogP contribution in [0.5, 0.6) is 11.5 Å². The van der Waals surface area contributed by atoms with Crippen LogP contribution in [0.2, 0.25) is 0 Å². The van der Waals surface area contributed by atoms with Gasteiger partial charge in [-0.15, -0.1) is 0 Å². The Kier molecular flexibility index (Phi) is 7.26. The van der Waals surface area contributed by atoms with Crippen molar-refractivity contribution >= 4 is 10.0 Å². The Hall–Kier alpha value is -1.83. The van der Waals surface area contributed by atoms with E-state index in [0.717, 1.165) is 61.5 Å². The van der Waals surface area contributed by atoms with E-state index in [1.165, 1.54) is 11.1 Å². The van der Waals surface area contributed by atoms with Crippen LogP contribution in [0.3, 0.4) is 0 Å². The summed E-state index contributed by atoms with van der Waals surface area (Å²) >= 11 is 0. The van der Waals surface area contributed by atoms with Gasteiger partial charge in [-0.1, -0.05) is 18.6 Å². The molecule has 1 aromatic carbocycles. The molecule has 0 aromatic heterocycles. The summed E-state index contributed by atoms with van der Waals surface area (Å²) in [6.45, 7) is 9.07. The number of hydrogen-bond donors (Lipinski definition) is 1. The lowest BCUT2D eigenvalue weighted by Gasteiger charge is -2.29. The van der Waals surface area contributed by atoms with Crippen LogP contribution in [0.25, 0.3) is 0 Å². The third-order valence-electron chi connectivity index (χ3n) is 6.10. The van der Waals surface area contributed by atoms with Gasteiger partial charge in [-0.3, -0.25) is 4.90 Å². The van der Waals surface area contributed by atoms with E-state index in [4.69, 9.17) is 9.47 Å². The Morgan fingerprint density at radius 3 is 2.47 bits per heavy atom. The van der Waals surface area contributed by atoms with Crippen LogP contribution in [0.1, 0.15) is 44.7 Å². The molecular formula is C23H34N2O4S. The average molecular weight is 435 g/mol. The van der Waals surface area contributed by atoms with Crippen molar-refractivity contribution in [2.45, 2.75) is 46.6 Å². The van der Waals surface area contributed by atoms with Gasteiger partial charge in [-0.05, 0) is 74.4 Å². The molecule has 0 saturated carbocycles. The van der Waals surface area contributed by atoms with Crippen LogP contribution in [0, 0.1) is 5.92 Å². The molecule has 0 fully saturated rings. The molecule has 0 spiro atoms. The van der Waals surface area contributed by atoms with Crippen molar-refractivity contribution in [2.24, 2.45) is 5.92 Å². The maximum atomic E-state index is 12.8. The number of nitrogens with one attached hydrogen (secondary N) is 1. The number of nitrogens with zero attached hydrogens (tertiary/aromatic N) is 1. The van der Waals surface area contributed by atoms with E-state index in [2.05, 4.69) is 28.7 Å². The van der Waals surface area contributed by atoms with Crippen molar-refractivity contribution in [3.63, 3.8) is 0 Å². The number of allylic oxidation sites excluding steroid dienone is 3. The van der Waals surface area contributed by atoms with Gasteiger partial charge in [0.05, 0.1) is 19.1 Å². The molecule has 7 heteroatoms. The smallest absolute Gasteiger partial charge is 0.240 e. The predicted octanol–water partition coefficient (Wildman–Crippen LogP) is 3.63. The molecule has 1 aliphatic heterocycles. The topological polar surface area (TPSA) is 67.9 Å². The summed E-state index contributed by atoms with van der Waals surface area (Å²) in [6, 6.07) is 4.12. The fourth-order valence-electron chi connectivity index (χ4n) is 4.30. The van der Waals surface area contributed by atoms with Crippen LogP contribution < -0.4 is 14.2 Å². The van der Waals surface area contributed by atoms with Crippen LogP contribution in [-0.2, 0) is 23.0 Å². The number of fused-ring (bicyclic) bond motifs is 1. The summed E-state index contributed by atoms with van der Waals surface area (Å²) < 4.78 is 39.2. The summed E-state index contributed by atoms with van der Waals surface area (Å²) in [5.74, 6) is 1.77. The summed E-state index contributed by atoms with van der Waals surface area (Å²) in [6.07, 6.45) is 4.54. The monoisotopic (exact) mass is 434 g/mol. The molecule has 2 aliphatic rings. The molecule has 3 rings (SSSR count). The molecule has 1 aromatic rings. The summed E-state index contributed by atoms with van der Waals surface area (Å²) in [5, 5.41) is 0. The van der Waals surface area contributed by atoms with E-state index in [0.29, 0.717) is 11.4 Å². The Bertz CT molecular complexity index is 950. The number of hydrogen-bond acceptors (Lipinski definition) is 5. The molecule has 0 amide bonds. The highest BCUT2D eigenvalue weighted by Crippen LogP contribution is 2.33. The zero-order valence-corrected chi connectivity index (χ0v) is 19.6. The molecule has 1 N–H and O–H groups in total. The Morgan fingerprint density at radius 1 is 1.13 bits per heavy atom. The summed E-state index contributed by atoms with van der Waals surface area (Å²) in [4.78, 5) is 2.81. The van der Waals surface area contributed by atoms with Crippen molar-refractivity contribution < 1.29 is 17.9 Å². The van der Waals surface area contributed by atoms with Crippen molar-refractivity contribution in [1.82, 2.24) is 9.62 Å². The number of benzene rings is 1. The number of methoxy groups -OCH3 is 2. The van der Waals surface area contributed by atoms with Gasteiger partial charge in [0, 0.05) is 19.6 Å². The van der Waals surface area contributed by atoms with Crippen LogP contribution in [-0.4, -0.2) is 47.2 Å². The van der Waals surface area contributed by atoms with E-state index >= 15 is 0 Å². The van der Waals surface area contributed by atoms with E-state index in [9.17, 15) is 8.42 Å². The highest BCUT2D eigenvalue weighted by molar-refractivity contribution is 7.93. The third kappa shape index (κ3) is 5.07. The highest BCUT2D eigenvalue weighted by atomic mass is 32.2. The number of ether oxygens (including phenoxy) is 2. The maximum Gasteiger partial charge on any atom is 0.240 e. The standard InChI is InChI=1S/C23H34N2O4S/c1-16-11-17(2)18(3)23(12-16)30(26,27)24-8-6-9-25-10-7-19-13-21(28-4)22(29-5)14-20(19)15-25/h12-14,16,24H,6-11,15H2,1-5H3. The second kappa shape index (κ2) is 9.54. The van der Waals surface area contributed by atoms with Gasteiger partial charge in [-0.2, -0.15) is 0 Å². The Morgan fingerprint density at radius 2 is 1.80 bits per heavy atom. The second-order valence-electron chi connectivity index (χ2n) is 8.37. The molecule has 0 saturated heterocycles. The number of rotatable bonds is 8. The molecule has 1 aliphatic carbocycles. The van der Waals surface area contributed by atoms with E-state index in [-0.39, 0.29) is 5.92 Å². The fraction of sp³-hybridized carbons (Fsp3) is 0.565. The zero-order chi connectivity index (χ0) is 21.9. The van der Waals surface area contributed by atoms with Crippen molar-refractivity contribution in [2.75, 3.05) is 33.9 Å². The van der Waals surface area contributed by atoms with Crippen LogP contribution in [0.15, 0.2) is 34.3 Å². The highest BCUT2D eigenvalue weighted by Gasteiger charge is 2.25. The molecule has 6 nitrogen and oxygen atoms in total. The average Bonchev–Trinajstić information content (AvgIpc) is 2.72. The Labute approximate surface area is 181 Å². The largest absolute Gasteiger partial charge is 0.493 e. The molecule has 1 atom stereocenters. The first-order valence-electron chi connectivity index (χ1n) is 10.6. The first-order chi connectivity index (χ1) is 14.2. The van der Waals surface area contributed by atoms with Crippen molar-refractivity contribution in [3.05, 3.63) is 45.4 Å². The molecule has 30 heavy (non-hydrogen) atoms. The van der Waals surface area contributed by atoms with Gasteiger partial charge >= 0.3 is 0 Å². The summed E-state index contributed by atoms with van der Waals surface area (Å²) in [7, 11) is -0.156. The van der Waals surface area contributed by atoms with Crippen LogP contribution >= 0.6 is 0 Å². The molecule has 0 radical (unpaired) electrons. The number of sulfonamides is 1. The summed E-state index contributed by atoms with van der Waals surface area (Å²) in [5.41, 5.74) is 4.58. The first-order valence-corrected chi connectivity index (χ1v) is 12.1. The van der Waals surface area contributed by atoms with Crippen LogP contribution in [0.4, 0.5) is 0 Å². The van der Waals surface area contributed by atoms with E-state index in [1.807, 2.05) is 19.9 Å². The lowest BCUT2D eigenvalue weighted by molar-refractivity contribution is 0.250. The van der Waals surface area contributed by atoms with Crippen molar-refractivity contribution in [1.29, 1.82) is 0 Å². The van der Waals surface area contributed by atoms with Gasteiger partial charge < -0.3 is 9.47 Å². The lowest BCUT2D eigenvalue weighted by Crippen LogP contribution is -2.34. The SMILES string of the molecule is COc1cc2c(cc1OC)CN(CCCNS(=O)(=O)C1=CC(C)CC(C)=C1C)CC2. The molecule has 1 unspecified atom stereocenters. The van der Waals surface area contributed by atoms with E-state index < -0.39 is 10.0 Å². The molecule has 1 heterocycles. The molecular weight excluding hydrogens is 400 g/mol. The van der Waals surface area contributed by atoms with Gasteiger partial charge in [0.15, 0.2) is 11.5 Å². The minimum Gasteiger partial charge on any atom is -0.493 e. The zero-order valence-electron chi connectivity index (χ0n) is 18.7. The molecule has 166 valence electrons. The van der Waals surface area contributed by atoms with Gasteiger partial charge in [-0.25, -0.2) is 13.1 Å². The second-order valence-corrected chi connectivity index (χ2v) is 10.1. The predicted molar refractivity (Wildman–Crippen MR) is 120 cm³/mol. The van der Waals surface area contributed by atoms with Gasteiger partial charge in [0.25, 0.3) is 0 Å². The normalized spacial score (nSPS) is 20.0.